The first kappa shape index (κ1) is 13.7. The van der Waals surface area contributed by atoms with Crippen LogP contribution in [-0.2, 0) is 0 Å². The van der Waals surface area contributed by atoms with Crippen LogP contribution in [0.1, 0.15) is 48.7 Å². The molecule has 4 nitrogen and oxygen atoms in total. The number of nitrogens with zero attached hydrogens (tertiary/aromatic N) is 1. The van der Waals surface area contributed by atoms with Gasteiger partial charge < -0.3 is 16.0 Å². The van der Waals surface area contributed by atoms with Gasteiger partial charge in [-0.25, -0.2) is 0 Å². The summed E-state index contributed by atoms with van der Waals surface area (Å²) in [5.41, 5.74) is 6.66. The number of rotatable bonds is 4. The molecular weight excluding hydrogens is 270 g/mol. The van der Waals surface area contributed by atoms with E-state index in [1.54, 1.807) is 11.3 Å². The van der Waals surface area contributed by atoms with Crippen LogP contribution in [-0.4, -0.2) is 25.0 Å². The lowest BCUT2D eigenvalue weighted by atomic mass is 9.96. The number of carbonyl (C=O) groups excluding carboxylic acids is 1. The molecule has 5 heteroatoms. The van der Waals surface area contributed by atoms with Gasteiger partial charge in [0.15, 0.2) is 0 Å². The second-order valence-electron chi connectivity index (χ2n) is 5.98. The topological polar surface area (TPSA) is 58.4 Å². The molecule has 0 spiro atoms. The van der Waals surface area contributed by atoms with Crippen LogP contribution in [0.15, 0.2) is 6.07 Å². The predicted molar refractivity (Wildman–Crippen MR) is 84.4 cm³/mol. The Bertz CT molecular complexity index is 495. The maximum atomic E-state index is 12.1. The second-order valence-corrected chi connectivity index (χ2v) is 7.01. The number of thiophene rings is 1. The van der Waals surface area contributed by atoms with Crippen molar-refractivity contribution in [2.24, 2.45) is 5.92 Å². The molecule has 1 unspecified atom stereocenters. The minimum atomic E-state index is 0.00491. The molecule has 1 aromatic heterocycles. The van der Waals surface area contributed by atoms with E-state index >= 15 is 0 Å². The van der Waals surface area contributed by atoms with Crippen LogP contribution in [0.3, 0.4) is 0 Å². The molecule has 2 aliphatic rings. The summed E-state index contributed by atoms with van der Waals surface area (Å²) in [5, 5.41) is 4.17. The number of anilines is 2. The van der Waals surface area contributed by atoms with Gasteiger partial charge in [-0.1, -0.05) is 13.3 Å². The highest BCUT2D eigenvalue weighted by Crippen LogP contribution is 2.35. The normalized spacial score (nSPS) is 22.9. The summed E-state index contributed by atoms with van der Waals surface area (Å²) in [5.74, 6) is 0.779. The quantitative estimate of drug-likeness (QED) is 0.897. The van der Waals surface area contributed by atoms with Gasteiger partial charge in [-0.05, 0) is 37.7 Å². The lowest BCUT2D eigenvalue weighted by Crippen LogP contribution is -2.34. The van der Waals surface area contributed by atoms with E-state index in [4.69, 9.17) is 5.73 Å². The van der Waals surface area contributed by atoms with Gasteiger partial charge in [0.2, 0.25) is 0 Å². The highest BCUT2D eigenvalue weighted by Gasteiger charge is 2.27. The Morgan fingerprint density at radius 2 is 2.30 bits per heavy atom. The molecule has 2 heterocycles. The Morgan fingerprint density at radius 3 is 3.00 bits per heavy atom. The fourth-order valence-electron chi connectivity index (χ4n) is 2.80. The highest BCUT2D eigenvalue weighted by atomic mass is 32.1. The summed E-state index contributed by atoms with van der Waals surface area (Å²) in [6, 6.07) is 2.36. The Kier molecular flexibility index (Phi) is 3.87. The summed E-state index contributed by atoms with van der Waals surface area (Å²) in [6.07, 6.45) is 6.00. The van der Waals surface area contributed by atoms with E-state index in [9.17, 15) is 4.79 Å². The smallest absolute Gasteiger partial charge is 0.263 e. The van der Waals surface area contributed by atoms with Gasteiger partial charge in [0, 0.05) is 19.1 Å². The molecule has 2 fully saturated rings. The van der Waals surface area contributed by atoms with Crippen molar-refractivity contribution in [3.63, 3.8) is 0 Å². The zero-order valence-corrected chi connectivity index (χ0v) is 12.8. The molecule has 20 heavy (non-hydrogen) atoms. The van der Waals surface area contributed by atoms with Gasteiger partial charge in [0.1, 0.15) is 4.88 Å². The van der Waals surface area contributed by atoms with Gasteiger partial charge in [0.25, 0.3) is 5.91 Å². The minimum absolute atomic E-state index is 0.00491. The van der Waals surface area contributed by atoms with Gasteiger partial charge in [-0.15, -0.1) is 11.3 Å². The zero-order chi connectivity index (χ0) is 14.1. The van der Waals surface area contributed by atoms with E-state index < -0.39 is 0 Å². The first-order valence-corrected chi connectivity index (χ1v) is 8.44. The Labute approximate surface area is 124 Å². The average molecular weight is 293 g/mol. The molecule has 0 bridgehead atoms. The van der Waals surface area contributed by atoms with Crippen molar-refractivity contribution < 1.29 is 4.79 Å². The summed E-state index contributed by atoms with van der Waals surface area (Å²) in [4.78, 5) is 15.2. The molecular formula is C15H23N3OS. The number of carbonyl (C=O) groups is 1. The van der Waals surface area contributed by atoms with Crippen molar-refractivity contribution >= 4 is 27.9 Å². The molecule has 3 rings (SSSR count). The molecule has 1 aliphatic carbocycles. The molecule has 1 aromatic rings. The molecule has 110 valence electrons. The van der Waals surface area contributed by atoms with Crippen LogP contribution >= 0.6 is 11.3 Å². The summed E-state index contributed by atoms with van der Waals surface area (Å²) >= 11 is 1.55. The Morgan fingerprint density at radius 1 is 1.50 bits per heavy atom. The highest BCUT2D eigenvalue weighted by molar-refractivity contribution is 7.18. The molecule has 1 saturated carbocycles. The van der Waals surface area contributed by atoms with Crippen molar-refractivity contribution in [3.8, 4) is 0 Å². The number of hydrogen-bond acceptors (Lipinski definition) is 4. The summed E-state index contributed by atoms with van der Waals surface area (Å²) in [7, 11) is 0. The largest absolute Gasteiger partial charge is 0.397 e. The maximum Gasteiger partial charge on any atom is 0.263 e. The lowest BCUT2D eigenvalue weighted by molar-refractivity contribution is 0.0956. The van der Waals surface area contributed by atoms with E-state index in [1.807, 2.05) is 6.07 Å². The lowest BCUT2D eigenvalue weighted by Gasteiger charge is -2.32. The Hall–Kier alpha value is -1.23. The third-order valence-corrected chi connectivity index (χ3v) is 5.49. The van der Waals surface area contributed by atoms with E-state index in [2.05, 4.69) is 17.1 Å². The van der Waals surface area contributed by atoms with Crippen molar-refractivity contribution in [2.45, 2.75) is 45.1 Å². The third-order valence-electron chi connectivity index (χ3n) is 4.27. The molecule has 0 radical (unpaired) electrons. The first-order chi connectivity index (χ1) is 9.67. The fourth-order valence-corrected chi connectivity index (χ4v) is 3.82. The number of nitrogens with one attached hydrogen (secondary N) is 1. The van der Waals surface area contributed by atoms with Crippen LogP contribution in [0.5, 0.6) is 0 Å². The van der Waals surface area contributed by atoms with Gasteiger partial charge >= 0.3 is 0 Å². The first-order valence-electron chi connectivity index (χ1n) is 7.62. The average Bonchev–Trinajstić information content (AvgIpc) is 3.18. The second kappa shape index (κ2) is 5.64. The van der Waals surface area contributed by atoms with E-state index in [0.29, 0.717) is 16.6 Å². The Balaban J connectivity index is 1.72. The van der Waals surface area contributed by atoms with Gasteiger partial charge in [-0.3, -0.25) is 4.79 Å². The SMILES string of the molecule is CCC1CCCN(c2cc(N)c(C(=O)NC3CC3)s2)C1. The summed E-state index contributed by atoms with van der Waals surface area (Å²) < 4.78 is 0. The van der Waals surface area contributed by atoms with Crippen LogP contribution in [0.4, 0.5) is 10.7 Å². The number of piperidine rings is 1. The van der Waals surface area contributed by atoms with Gasteiger partial charge in [-0.2, -0.15) is 0 Å². The minimum Gasteiger partial charge on any atom is -0.397 e. The van der Waals surface area contributed by atoms with Crippen LogP contribution in [0.2, 0.25) is 0 Å². The monoisotopic (exact) mass is 293 g/mol. The number of nitrogens with two attached hydrogens (primary N) is 1. The molecule has 1 aliphatic heterocycles. The number of nitrogen functional groups attached to an aromatic ring is 1. The van der Waals surface area contributed by atoms with E-state index in [0.717, 1.165) is 36.9 Å². The van der Waals surface area contributed by atoms with Crippen molar-refractivity contribution in [2.75, 3.05) is 23.7 Å². The zero-order valence-electron chi connectivity index (χ0n) is 12.0. The van der Waals surface area contributed by atoms with E-state index in [-0.39, 0.29) is 5.91 Å². The standard InChI is InChI=1S/C15H23N3OS/c1-2-10-4-3-7-18(9-10)13-8-12(16)14(20-13)15(19)17-11-5-6-11/h8,10-11H,2-7,9,16H2,1H3,(H,17,19). The molecule has 1 amide bonds. The van der Waals surface area contributed by atoms with Crippen LogP contribution in [0.25, 0.3) is 0 Å². The van der Waals surface area contributed by atoms with Crippen LogP contribution < -0.4 is 16.0 Å². The predicted octanol–water partition coefficient (Wildman–Crippen LogP) is 2.85. The number of amides is 1. The van der Waals surface area contributed by atoms with Gasteiger partial charge in [0.05, 0.1) is 10.7 Å². The van der Waals surface area contributed by atoms with Crippen molar-refractivity contribution in [1.82, 2.24) is 5.32 Å². The third kappa shape index (κ3) is 2.92. The maximum absolute atomic E-state index is 12.1. The van der Waals surface area contributed by atoms with Crippen LogP contribution in [0, 0.1) is 5.92 Å². The molecule has 1 saturated heterocycles. The number of hydrogen-bond donors (Lipinski definition) is 2. The molecule has 3 N–H and O–H groups in total. The molecule has 1 atom stereocenters. The van der Waals surface area contributed by atoms with E-state index in [1.165, 1.54) is 19.3 Å². The fraction of sp³-hybridized carbons (Fsp3) is 0.667. The summed E-state index contributed by atoms with van der Waals surface area (Å²) in [6.45, 7) is 4.44. The molecule has 0 aromatic carbocycles. The van der Waals surface area contributed by atoms with Crippen molar-refractivity contribution in [1.29, 1.82) is 0 Å². The van der Waals surface area contributed by atoms with Crippen molar-refractivity contribution in [3.05, 3.63) is 10.9 Å².